The molecule has 0 aliphatic heterocycles. The highest BCUT2D eigenvalue weighted by molar-refractivity contribution is 7.09. The van der Waals surface area contributed by atoms with Gasteiger partial charge in [0.2, 0.25) is 5.91 Å². The molecule has 1 aromatic heterocycles. The Labute approximate surface area is 122 Å². The molecule has 106 valence electrons. The van der Waals surface area contributed by atoms with Crippen LogP contribution in [0.15, 0.2) is 29.6 Å². The molecule has 1 heterocycles. The second-order valence-corrected chi connectivity index (χ2v) is 5.38. The molecule has 0 radical (unpaired) electrons. The number of ether oxygens (including phenoxy) is 1. The first-order valence-electron chi connectivity index (χ1n) is 6.56. The van der Waals surface area contributed by atoms with E-state index in [1.54, 1.807) is 18.4 Å². The van der Waals surface area contributed by atoms with Gasteiger partial charge in [-0.1, -0.05) is 19.1 Å². The lowest BCUT2D eigenvalue weighted by Crippen LogP contribution is -2.10. The minimum Gasteiger partial charge on any atom is -0.378 e. The van der Waals surface area contributed by atoms with E-state index in [0.29, 0.717) is 13.0 Å². The van der Waals surface area contributed by atoms with Crippen LogP contribution in [-0.4, -0.2) is 18.0 Å². The third-order valence-corrected chi connectivity index (χ3v) is 3.58. The first-order chi connectivity index (χ1) is 9.72. The maximum Gasteiger partial charge on any atom is 0.224 e. The lowest BCUT2D eigenvalue weighted by atomic mass is 10.1. The Morgan fingerprint density at radius 2 is 2.10 bits per heavy atom. The molecule has 0 spiro atoms. The predicted molar refractivity (Wildman–Crippen MR) is 81.8 cm³/mol. The largest absolute Gasteiger partial charge is 0.378 e. The Morgan fingerprint density at radius 3 is 2.75 bits per heavy atom. The van der Waals surface area contributed by atoms with Crippen molar-refractivity contribution >= 4 is 22.9 Å². The third-order valence-electron chi connectivity index (χ3n) is 2.76. The number of nitrogens with one attached hydrogen (secondary N) is 1. The van der Waals surface area contributed by atoms with Gasteiger partial charge in [0.1, 0.15) is 5.01 Å². The Bertz CT molecular complexity index is 564. The number of anilines is 1. The first-order valence-corrected chi connectivity index (χ1v) is 7.44. The number of rotatable bonds is 6. The van der Waals surface area contributed by atoms with E-state index in [1.165, 1.54) is 0 Å². The lowest BCUT2D eigenvalue weighted by molar-refractivity contribution is -0.116. The van der Waals surface area contributed by atoms with E-state index in [-0.39, 0.29) is 5.91 Å². The maximum atomic E-state index is 11.5. The molecular formula is C15H18N2O2S. The van der Waals surface area contributed by atoms with Crippen LogP contribution < -0.4 is 5.32 Å². The van der Waals surface area contributed by atoms with Gasteiger partial charge in [-0.25, -0.2) is 4.98 Å². The number of amides is 1. The van der Waals surface area contributed by atoms with Crippen LogP contribution in [0.4, 0.5) is 5.69 Å². The zero-order valence-corrected chi connectivity index (χ0v) is 12.5. The Hall–Kier alpha value is -1.72. The van der Waals surface area contributed by atoms with Gasteiger partial charge >= 0.3 is 0 Å². The van der Waals surface area contributed by atoms with Gasteiger partial charge in [0.25, 0.3) is 0 Å². The van der Waals surface area contributed by atoms with Gasteiger partial charge < -0.3 is 10.1 Å². The summed E-state index contributed by atoms with van der Waals surface area (Å²) in [5.74, 6) is 0.0521. The normalized spacial score (nSPS) is 10.5. The average Bonchev–Trinajstić information content (AvgIpc) is 2.89. The number of methoxy groups -OCH3 is 1. The van der Waals surface area contributed by atoms with E-state index >= 15 is 0 Å². The summed E-state index contributed by atoms with van der Waals surface area (Å²) in [4.78, 5) is 16.0. The van der Waals surface area contributed by atoms with Crippen molar-refractivity contribution in [1.82, 2.24) is 4.98 Å². The number of benzene rings is 1. The molecule has 5 heteroatoms. The molecule has 20 heavy (non-hydrogen) atoms. The number of carbonyl (C=O) groups excluding carboxylic acids is 1. The minimum absolute atomic E-state index is 0.0521. The van der Waals surface area contributed by atoms with Crippen LogP contribution in [0, 0.1) is 0 Å². The predicted octanol–water partition coefficient (Wildman–Crippen LogP) is 3.70. The van der Waals surface area contributed by atoms with Crippen LogP contribution in [0.2, 0.25) is 0 Å². The molecule has 2 aromatic rings. The van der Waals surface area contributed by atoms with Gasteiger partial charge in [0.05, 0.1) is 12.3 Å². The van der Waals surface area contributed by atoms with Gasteiger partial charge in [-0.3, -0.25) is 4.79 Å². The van der Waals surface area contributed by atoms with E-state index in [1.807, 2.05) is 36.6 Å². The Balaban J connectivity index is 2.05. The number of carbonyl (C=O) groups is 1. The van der Waals surface area contributed by atoms with Crippen molar-refractivity contribution in [2.24, 2.45) is 0 Å². The average molecular weight is 290 g/mol. The highest BCUT2D eigenvalue weighted by Gasteiger charge is 2.05. The van der Waals surface area contributed by atoms with Crippen LogP contribution in [0.1, 0.15) is 24.8 Å². The van der Waals surface area contributed by atoms with Gasteiger partial charge in [0, 0.05) is 30.2 Å². The Morgan fingerprint density at radius 1 is 1.35 bits per heavy atom. The quantitative estimate of drug-likeness (QED) is 0.882. The van der Waals surface area contributed by atoms with E-state index in [4.69, 9.17) is 4.74 Å². The van der Waals surface area contributed by atoms with Crippen molar-refractivity contribution in [3.8, 4) is 11.3 Å². The number of aromatic nitrogens is 1. The monoisotopic (exact) mass is 290 g/mol. The van der Waals surface area contributed by atoms with Gasteiger partial charge in [-0.05, 0) is 18.6 Å². The van der Waals surface area contributed by atoms with Gasteiger partial charge in [-0.15, -0.1) is 11.3 Å². The fourth-order valence-corrected chi connectivity index (χ4v) is 2.58. The maximum absolute atomic E-state index is 11.5. The van der Waals surface area contributed by atoms with Crippen LogP contribution in [0.5, 0.6) is 0 Å². The van der Waals surface area contributed by atoms with Gasteiger partial charge in [-0.2, -0.15) is 0 Å². The smallest absolute Gasteiger partial charge is 0.224 e. The molecule has 0 unspecified atom stereocenters. The topological polar surface area (TPSA) is 51.2 Å². The first kappa shape index (κ1) is 14.7. The highest BCUT2D eigenvalue weighted by atomic mass is 32.1. The molecule has 0 atom stereocenters. The van der Waals surface area contributed by atoms with Crippen molar-refractivity contribution in [1.29, 1.82) is 0 Å². The van der Waals surface area contributed by atoms with Crippen molar-refractivity contribution in [2.45, 2.75) is 26.4 Å². The standard InChI is InChI=1S/C15H18N2O2S/c1-3-4-14(18)16-12-7-5-11(6-8-12)13-10-20-15(17-13)9-19-2/h5-8,10H,3-4,9H2,1-2H3,(H,16,18). The van der Waals surface area contributed by atoms with E-state index < -0.39 is 0 Å². The second-order valence-electron chi connectivity index (χ2n) is 4.44. The summed E-state index contributed by atoms with van der Waals surface area (Å²) in [6.45, 7) is 2.53. The molecule has 1 N–H and O–H groups in total. The van der Waals surface area contributed by atoms with Crippen LogP contribution >= 0.6 is 11.3 Å². The van der Waals surface area contributed by atoms with Crippen molar-refractivity contribution in [3.63, 3.8) is 0 Å². The number of hydrogen-bond acceptors (Lipinski definition) is 4. The summed E-state index contributed by atoms with van der Waals surface area (Å²) in [5.41, 5.74) is 2.80. The fourth-order valence-electron chi connectivity index (χ4n) is 1.81. The SMILES string of the molecule is CCCC(=O)Nc1ccc(-c2csc(COC)n2)cc1. The lowest BCUT2D eigenvalue weighted by Gasteiger charge is -2.04. The van der Waals surface area contributed by atoms with Crippen LogP contribution in [0.25, 0.3) is 11.3 Å². The third kappa shape index (κ3) is 3.88. The zero-order valence-electron chi connectivity index (χ0n) is 11.7. The van der Waals surface area contributed by atoms with Crippen molar-refractivity contribution in [3.05, 3.63) is 34.7 Å². The molecule has 2 rings (SSSR count). The molecule has 1 amide bonds. The van der Waals surface area contributed by atoms with Crippen LogP contribution in [0.3, 0.4) is 0 Å². The molecule has 1 aromatic carbocycles. The summed E-state index contributed by atoms with van der Waals surface area (Å²) in [6, 6.07) is 7.73. The molecule has 0 bridgehead atoms. The van der Waals surface area contributed by atoms with Crippen LogP contribution in [-0.2, 0) is 16.1 Å². The van der Waals surface area contributed by atoms with E-state index in [9.17, 15) is 4.79 Å². The van der Waals surface area contributed by atoms with Gasteiger partial charge in [0.15, 0.2) is 0 Å². The van der Waals surface area contributed by atoms with Crippen molar-refractivity contribution in [2.75, 3.05) is 12.4 Å². The molecule has 0 saturated carbocycles. The summed E-state index contributed by atoms with van der Waals surface area (Å²) < 4.78 is 5.06. The highest BCUT2D eigenvalue weighted by Crippen LogP contribution is 2.23. The molecule has 0 aliphatic carbocycles. The molecule has 4 nitrogen and oxygen atoms in total. The van der Waals surface area contributed by atoms with Crippen molar-refractivity contribution < 1.29 is 9.53 Å². The minimum atomic E-state index is 0.0521. The molecule has 0 fully saturated rings. The molecule has 0 saturated heterocycles. The summed E-state index contributed by atoms with van der Waals surface area (Å²) in [5, 5.41) is 5.84. The summed E-state index contributed by atoms with van der Waals surface area (Å²) in [6.07, 6.45) is 1.40. The summed E-state index contributed by atoms with van der Waals surface area (Å²) >= 11 is 1.58. The van der Waals surface area contributed by atoms with E-state index in [2.05, 4.69) is 10.3 Å². The molecule has 0 aliphatic rings. The fraction of sp³-hybridized carbons (Fsp3) is 0.333. The molecular weight excluding hydrogens is 272 g/mol. The summed E-state index contributed by atoms with van der Waals surface area (Å²) in [7, 11) is 1.66. The number of hydrogen-bond donors (Lipinski definition) is 1. The zero-order chi connectivity index (χ0) is 14.4. The number of thiazole rings is 1. The second kappa shape index (κ2) is 7.17. The Kier molecular flexibility index (Phi) is 5.26. The number of nitrogens with zero attached hydrogens (tertiary/aromatic N) is 1. The van der Waals surface area contributed by atoms with E-state index in [0.717, 1.165) is 28.4 Å².